The number of ether oxygens (including phenoxy) is 2. The van der Waals surface area contributed by atoms with Crippen LogP contribution in [0.25, 0.3) is 0 Å². The molecule has 0 aliphatic rings. The van der Waals surface area contributed by atoms with Gasteiger partial charge in [0, 0.05) is 19.4 Å². The Bertz CT molecular complexity index is 1160. The van der Waals surface area contributed by atoms with Crippen LogP contribution in [-0.4, -0.2) is 60.5 Å². The first-order valence-electron chi connectivity index (χ1n) is 21.5. The van der Waals surface area contributed by atoms with Crippen LogP contribution in [-0.2, 0) is 32.7 Å². The zero-order chi connectivity index (χ0) is 41.2. The minimum atomic E-state index is -4.40. The Balaban J connectivity index is 4.32. The summed E-state index contributed by atoms with van der Waals surface area (Å²) in [5.41, 5.74) is 5.34. The maximum Gasteiger partial charge on any atom is 0.472 e. The second-order valence-corrected chi connectivity index (χ2v) is 15.5. The van der Waals surface area contributed by atoms with Gasteiger partial charge in [-0.05, 0) is 44.9 Å². The number of aliphatic hydroxyl groups excluding tert-OH is 1. The van der Waals surface area contributed by atoms with Crippen LogP contribution in [0.2, 0.25) is 0 Å². The Kier molecular flexibility index (Phi) is 38.7. The molecule has 4 N–H and O–H groups in total. The van der Waals surface area contributed by atoms with Gasteiger partial charge < -0.3 is 25.2 Å². The van der Waals surface area contributed by atoms with Crippen molar-refractivity contribution < 1.29 is 42.7 Å². The SMILES string of the molecule is CC/C=C\CC(O)/C=C/C=C/C/C=C\C/C=C\C/C=C\CCC(=O)OC[C@H](COP(=O)(O)OCCN)OC(=O)CCCCCCCCCCCCCCCCC. The molecule has 0 heterocycles. The fraction of sp³-hybridized carbons (Fsp3) is 0.689. The van der Waals surface area contributed by atoms with E-state index in [2.05, 4.69) is 38.2 Å². The number of aliphatic hydroxyl groups is 1. The zero-order valence-corrected chi connectivity index (χ0v) is 35.8. The van der Waals surface area contributed by atoms with Gasteiger partial charge in [-0.15, -0.1) is 0 Å². The van der Waals surface area contributed by atoms with Crippen molar-refractivity contribution in [1.82, 2.24) is 0 Å². The number of esters is 2. The molecular formula is C45H78NO9P. The van der Waals surface area contributed by atoms with Crippen LogP contribution in [0.1, 0.15) is 162 Å². The summed E-state index contributed by atoms with van der Waals surface area (Å²) >= 11 is 0. The third-order valence-electron chi connectivity index (χ3n) is 8.70. The fourth-order valence-corrected chi connectivity index (χ4v) is 6.27. The van der Waals surface area contributed by atoms with Gasteiger partial charge in [-0.2, -0.15) is 0 Å². The highest BCUT2D eigenvalue weighted by molar-refractivity contribution is 7.47. The lowest BCUT2D eigenvalue weighted by Gasteiger charge is -2.19. The highest BCUT2D eigenvalue weighted by Crippen LogP contribution is 2.43. The lowest BCUT2D eigenvalue weighted by molar-refractivity contribution is -0.161. The van der Waals surface area contributed by atoms with E-state index >= 15 is 0 Å². The first kappa shape index (κ1) is 53.4. The Morgan fingerprint density at radius 3 is 1.77 bits per heavy atom. The van der Waals surface area contributed by atoms with Gasteiger partial charge in [0.25, 0.3) is 0 Å². The van der Waals surface area contributed by atoms with E-state index < -0.39 is 38.6 Å². The number of hydrogen-bond donors (Lipinski definition) is 3. The second-order valence-electron chi connectivity index (χ2n) is 14.0. The summed E-state index contributed by atoms with van der Waals surface area (Å²) in [4.78, 5) is 34.8. The Morgan fingerprint density at radius 2 is 1.20 bits per heavy atom. The molecule has 0 saturated carbocycles. The van der Waals surface area contributed by atoms with E-state index in [1.54, 1.807) is 6.08 Å². The predicted octanol–water partition coefficient (Wildman–Crippen LogP) is 11.2. The minimum absolute atomic E-state index is 0.0356. The molecule has 0 saturated heterocycles. The molecule has 11 heteroatoms. The molecule has 0 amide bonds. The Morgan fingerprint density at radius 1 is 0.643 bits per heavy atom. The van der Waals surface area contributed by atoms with Gasteiger partial charge >= 0.3 is 19.8 Å². The molecule has 0 aliphatic carbocycles. The molecule has 322 valence electrons. The third kappa shape index (κ3) is 39.6. The van der Waals surface area contributed by atoms with E-state index in [1.807, 2.05) is 42.5 Å². The van der Waals surface area contributed by atoms with Crippen molar-refractivity contribution in [2.45, 2.75) is 174 Å². The molecule has 2 unspecified atom stereocenters. The van der Waals surface area contributed by atoms with Crippen molar-refractivity contribution in [2.75, 3.05) is 26.4 Å². The van der Waals surface area contributed by atoms with Crippen molar-refractivity contribution in [3.63, 3.8) is 0 Å². The number of phosphoric ester groups is 1. The lowest BCUT2D eigenvalue weighted by Crippen LogP contribution is -2.29. The van der Waals surface area contributed by atoms with Gasteiger partial charge in [-0.1, -0.05) is 177 Å². The van der Waals surface area contributed by atoms with Crippen molar-refractivity contribution in [2.24, 2.45) is 5.73 Å². The van der Waals surface area contributed by atoms with Gasteiger partial charge in [0.1, 0.15) is 6.61 Å². The van der Waals surface area contributed by atoms with Crippen LogP contribution >= 0.6 is 7.82 Å². The normalized spacial score (nSPS) is 14.6. The summed E-state index contributed by atoms with van der Waals surface area (Å²) in [6.07, 6.45) is 45.6. The Labute approximate surface area is 340 Å². The molecule has 0 radical (unpaired) electrons. The van der Waals surface area contributed by atoms with Crippen LogP contribution in [0.3, 0.4) is 0 Å². The lowest BCUT2D eigenvalue weighted by atomic mass is 10.0. The number of carbonyl (C=O) groups is 2. The number of unbranched alkanes of at least 4 members (excludes halogenated alkanes) is 14. The number of nitrogens with two attached hydrogens (primary N) is 1. The maximum absolute atomic E-state index is 12.6. The van der Waals surface area contributed by atoms with Gasteiger partial charge in [-0.3, -0.25) is 18.6 Å². The van der Waals surface area contributed by atoms with Crippen LogP contribution in [0.4, 0.5) is 0 Å². The summed E-state index contributed by atoms with van der Waals surface area (Å²) in [7, 11) is -4.40. The van der Waals surface area contributed by atoms with E-state index in [9.17, 15) is 24.2 Å². The smallest absolute Gasteiger partial charge is 0.462 e. The van der Waals surface area contributed by atoms with E-state index in [-0.39, 0.29) is 32.6 Å². The molecule has 0 spiro atoms. The van der Waals surface area contributed by atoms with Gasteiger partial charge in [0.2, 0.25) is 0 Å². The zero-order valence-electron chi connectivity index (χ0n) is 35.0. The summed E-state index contributed by atoms with van der Waals surface area (Å²) in [5.74, 6) is -0.950. The number of allylic oxidation sites excluding steroid dienone is 10. The first-order chi connectivity index (χ1) is 27.2. The van der Waals surface area contributed by atoms with Crippen molar-refractivity contribution in [3.8, 4) is 0 Å². The molecule has 0 fully saturated rings. The van der Waals surface area contributed by atoms with E-state index in [4.69, 9.17) is 24.3 Å². The fourth-order valence-electron chi connectivity index (χ4n) is 5.51. The Hall–Kier alpha value is -2.59. The molecule has 10 nitrogen and oxygen atoms in total. The van der Waals surface area contributed by atoms with Crippen molar-refractivity contribution >= 4 is 19.8 Å². The first-order valence-corrected chi connectivity index (χ1v) is 23.0. The standard InChI is InChI=1S/C45H78NO9P/c1-3-5-7-8-9-10-11-12-13-16-20-23-26-29-33-37-45(49)55-43(41-54-56(50,51)53-39-38-46)40-52-44(48)36-32-28-25-22-19-17-14-15-18-21-24-27-31-35-42(47)34-30-6-4-2/h6,15,17-19,24-25,27-28,30-31,35,42-43,47H,3-5,7-14,16,20-23,26,29,32-34,36-41,46H2,1-2H3,(H,50,51)/b18-15-,19-17-,27-24+,28-25-,30-6-,35-31+/t42?,43-/m1/s1. The maximum atomic E-state index is 12.6. The van der Waals surface area contributed by atoms with Crippen molar-refractivity contribution in [1.29, 1.82) is 0 Å². The molecule has 56 heavy (non-hydrogen) atoms. The quantitative estimate of drug-likeness (QED) is 0.0180. The number of carbonyl (C=O) groups excluding carboxylic acids is 2. The van der Waals surface area contributed by atoms with Gasteiger partial charge in [-0.25, -0.2) is 4.57 Å². The molecule has 0 bridgehead atoms. The summed E-state index contributed by atoms with van der Waals surface area (Å²) in [5, 5.41) is 9.83. The van der Waals surface area contributed by atoms with Crippen LogP contribution in [0, 0.1) is 0 Å². The average Bonchev–Trinajstić information content (AvgIpc) is 3.18. The highest BCUT2D eigenvalue weighted by Gasteiger charge is 2.25. The van der Waals surface area contributed by atoms with E-state index in [1.165, 1.54) is 70.6 Å². The van der Waals surface area contributed by atoms with Crippen molar-refractivity contribution in [3.05, 3.63) is 72.9 Å². The molecule has 0 rings (SSSR count). The van der Waals surface area contributed by atoms with Crippen LogP contribution < -0.4 is 5.73 Å². The largest absolute Gasteiger partial charge is 0.472 e. The number of rotatable bonds is 39. The highest BCUT2D eigenvalue weighted by atomic mass is 31.2. The van der Waals surface area contributed by atoms with Gasteiger partial charge in [0.15, 0.2) is 6.10 Å². The number of phosphoric acid groups is 1. The molecule has 0 aromatic carbocycles. The molecule has 0 aromatic rings. The molecule has 0 aliphatic heterocycles. The minimum Gasteiger partial charge on any atom is -0.462 e. The number of hydrogen-bond acceptors (Lipinski definition) is 9. The predicted molar refractivity (Wildman–Crippen MR) is 230 cm³/mol. The summed E-state index contributed by atoms with van der Waals surface area (Å²) < 4.78 is 32.7. The molecule has 0 aromatic heterocycles. The average molecular weight is 808 g/mol. The van der Waals surface area contributed by atoms with E-state index in [0.717, 1.165) is 44.9 Å². The second kappa shape index (κ2) is 40.6. The summed E-state index contributed by atoms with van der Waals surface area (Å²) in [6, 6.07) is 0. The monoisotopic (exact) mass is 808 g/mol. The topological polar surface area (TPSA) is 155 Å². The third-order valence-corrected chi connectivity index (χ3v) is 9.68. The van der Waals surface area contributed by atoms with E-state index in [0.29, 0.717) is 19.3 Å². The molecular weight excluding hydrogens is 729 g/mol. The van der Waals surface area contributed by atoms with Gasteiger partial charge in [0.05, 0.1) is 19.3 Å². The van der Waals surface area contributed by atoms with Crippen LogP contribution in [0.5, 0.6) is 0 Å². The van der Waals surface area contributed by atoms with Crippen LogP contribution in [0.15, 0.2) is 72.9 Å². The summed E-state index contributed by atoms with van der Waals surface area (Å²) in [6.45, 7) is 3.42. The molecule has 3 atom stereocenters.